The molecule has 4 N–H and O–H groups in total. The number of hydrogen-bond donors (Lipinski definition) is 3. The molecule has 1 aromatic heterocycles. The van der Waals surface area contributed by atoms with Crippen LogP contribution < -0.4 is 16.6 Å². The van der Waals surface area contributed by atoms with Gasteiger partial charge in [-0.05, 0) is 38.8 Å². The molecule has 0 aromatic carbocycles. The van der Waals surface area contributed by atoms with E-state index >= 15 is 0 Å². The molecule has 0 aliphatic carbocycles. The summed E-state index contributed by atoms with van der Waals surface area (Å²) in [5.41, 5.74) is 3.54. The Labute approximate surface area is 114 Å². The van der Waals surface area contributed by atoms with E-state index in [1.807, 2.05) is 6.92 Å². The Morgan fingerprint density at radius 3 is 2.68 bits per heavy atom. The van der Waals surface area contributed by atoms with Crippen LogP contribution in [0.1, 0.15) is 25.3 Å². The predicted molar refractivity (Wildman–Crippen MR) is 77.9 cm³/mol. The third-order valence-corrected chi connectivity index (χ3v) is 3.61. The van der Waals surface area contributed by atoms with E-state index in [1.54, 1.807) is 0 Å². The monoisotopic (exact) mass is 264 g/mol. The van der Waals surface area contributed by atoms with Crippen LogP contribution in [0.2, 0.25) is 0 Å². The summed E-state index contributed by atoms with van der Waals surface area (Å²) in [5, 5.41) is 3.39. The van der Waals surface area contributed by atoms with Crippen LogP contribution in [0.4, 0.5) is 11.6 Å². The molecule has 1 aromatic rings. The molecular formula is C13H24N6. The van der Waals surface area contributed by atoms with E-state index in [-0.39, 0.29) is 0 Å². The maximum atomic E-state index is 5.41. The van der Waals surface area contributed by atoms with E-state index in [4.69, 9.17) is 5.84 Å². The number of likely N-dealkylation sites (tertiary alicyclic amines) is 1. The molecular weight excluding hydrogens is 240 g/mol. The van der Waals surface area contributed by atoms with Crippen molar-refractivity contribution in [2.24, 2.45) is 11.8 Å². The van der Waals surface area contributed by atoms with Gasteiger partial charge in [-0.1, -0.05) is 6.92 Å². The van der Waals surface area contributed by atoms with Crippen molar-refractivity contribution in [2.45, 2.75) is 26.7 Å². The van der Waals surface area contributed by atoms with Gasteiger partial charge in [0.1, 0.15) is 18.0 Å². The quantitative estimate of drug-likeness (QED) is 0.529. The Morgan fingerprint density at radius 2 is 2.00 bits per heavy atom. The minimum atomic E-state index is 0.599. The molecule has 1 saturated heterocycles. The number of anilines is 2. The van der Waals surface area contributed by atoms with Crippen LogP contribution in [0.5, 0.6) is 0 Å². The van der Waals surface area contributed by atoms with Crippen LogP contribution in [0.15, 0.2) is 6.33 Å². The lowest BCUT2D eigenvalue weighted by Gasteiger charge is -2.21. The third-order valence-electron chi connectivity index (χ3n) is 3.61. The van der Waals surface area contributed by atoms with Crippen LogP contribution in [0.3, 0.4) is 0 Å². The van der Waals surface area contributed by atoms with Gasteiger partial charge in [-0.2, -0.15) is 0 Å². The van der Waals surface area contributed by atoms with Crippen molar-refractivity contribution in [1.29, 1.82) is 0 Å². The van der Waals surface area contributed by atoms with Gasteiger partial charge in [-0.15, -0.1) is 0 Å². The van der Waals surface area contributed by atoms with E-state index in [0.717, 1.165) is 24.5 Å². The first kappa shape index (κ1) is 14.0. The fourth-order valence-electron chi connectivity index (χ4n) is 2.52. The summed E-state index contributed by atoms with van der Waals surface area (Å²) in [4.78, 5) is 10.9. The fourth-order valence-corrected chi connectivity index (χ4v) is 2.52. The number of hydrazine groups is 1. The molecule has 19 heavy (non-hydrogen) atoms. The van der Waals surface area contributed by atoms with Crippen molar-refractivity contribution in [3.8, 4) is 0 Å². The second-order valence-electron chi connectivity index (χ2n) is 5.33. The van der Waals surface area contributed by atoms with E-state index in [1.165, 1.54) is 32.3 Å². The zero-order chi connectivity index (χ0) is 13.7. The number of hydrogen-bond acceptors (Lipinski definition) is 6. The highest BCUT2D eigenvalue weighted by molar-refractivity contribution is 5.55. The summed E-state index contributed by atoms with van der Waals surface area (Å²) >= 11 is 0. The molecule has 0 bridgehead atoms. The summed E-state index contributed by atoms with van der Waals surface area (Å²) in [6.07, 6.45) is 4.21. The highest BCUT2D eigenvalue weighted by atomic mass is 15.3. The van der Waals surface area contributed by atoms with Crippen molar-refractivity contribution >= 4 is 11.6 Å². The second kappa shape index (κ2) is 6.68. The summed E-state index contributed by atoms with van der Waals surface area (Å²) in [6, 6.07) is 0. The van der Waals surface area contributed by atoms with Crippen LogP contribution in [-0.2, 0) is 0 Å². The van der Waals surface area contributed by atoms with Crippen molar-refractivity contribution in [1.82, 2.24) is 14.9 Å². The molecule has 6 heteroatoms. The number of nitrogens with zero attached hydrogens (tertiary/aromatic N) is 3. The number of nitrogens with two attached hydrogens (primary N) is 1. The normalized spacial score (nSPS) is 17.4. The highest BCUT2D eigenvalue weighted by Gasteiger charge is 2.15. The molecule has 2 rings (SSSR count). The minimum absolute atomic E-state index is 0.599. The number of nitrogen functional groups attached to an aromatic ring is 1. The lowest BCUT2D eigenvalue weighted by molar-refractivity contribution is 0.294. The Kier molecular flexibility index (Phi) is 4.93. The van der Waals surface area contributed by atoms with Gasteiger partial charge in [0.2, 0.25) is 0 Å². The van der Waals surface area contributed by atoms with Gasteiger partial charge >= 0.3 is 0 Å². The molecule has 1 aliphatic rings. The van der Waals surface area contributed by atoms with Crippen LogP contribution >= 0.6 is 0 Å². The molecule has 106 valence electrons. The average molecular weight is 264 g/mol. The molecule has 0 spiro atoms. The van der Waals surface area contributed by atoms with Crippen LogP contribution in [0, 0.1) is 12.8 Å². The van der Waals surface area contributed by atoms with Gasteiger partial charge in [-0.25, -0.2) is 15.8 Å². The highest BCUT2D eigenvalue weighted by Crippen LogP contribution is 2.17. The molecule has 1 aliphatic heterocycles. The Morgan fingerprint density at radius 1 is 1.32 bits per heavy atom. The van der Waals surface area contributed by atoms with E-state index in [9.17, 15) is 0 Å². The van der Waals surface area contributed by atoms with Crippen LogP contribution in [0.25, 0.3) is 0 Å². The zero-order valence-corrected chi connectivity index (χ0v) is 11.8. The molecule has 1 fully saturated rings. The topological polar surface area (TPSA) is 79.1 Å². The van der Waals surface area contributed by atoms with Gasteiger partial charge < -0.3 is 15.6 Å². The van der Waals surface area contributed by atoms with Crippen molar-refractivity contribution in [3.05, 3.63) is 11.9 Å². The lowest BCUT2D eigenvalue weighted by atomic mass is 10.1. The van der Waals surface area contributed by atoms with Crippen molar-refractivity contribution in [2.75, 3.05) is 36.9 Å². The molecule has 0 radical (unpaired) electrons. The maximum absolute atomic E-state index is 5.41. The van der Waals surface area contributed by atoms with Gasteiger partial charge in [0.15, 0.2) is 0 Å². The van der Waals surface area contributed by atoms with Gasteiger partial charge in [-0.3, -0.25) is 0 Å². The molecule has 0 saturated carbocycles. The minimum Gasteiger partial charge on any atom is -0.369 e. The number of nitrogens with one attached hydrogen (secondary N) is 2. The first-order valence-corrected chi connectivity index (χ1v) is 6.95. The van der Waals surface area contributed by atoms with E-state index in [2.05, 4.69) is 32.5 Å². The fraction of sp³-hybridized carbons (Fsp3) is 0.692. The van der Waals surface area contributed by atoms with Gasteiger partial charge in [0, 0.05) is 18.7 Å². The molecule has 6 nitrogen and oxygen atoms in total. The molecule has 2 heterocycles. The summed E-state index contributed by atoms with van der Waals surface area (Å²) in [6.45, 7) is 8.79. The maximum Gasteiger partial charge on any atom is 0.148 e. The van der Waals surface area contributed by atoms with Crippen molar-refractivity contribution < 1.29 is 0 Å². The number of rotatable bonds is 6. The molecule has 1 atom stereocenters. The largest absolute Gasteiger partial charge is 0.369 e. The first-order valence-electron chi connectivity index (χ1n) is 6.95. The second-order valence-corrected chi connectivity index (χ2v) is 5.33. The average Bonchev–Trinajstić information content (AvgIpc) is 2.90. The van der Waals surface area contributed by atoms with E-state index < -0.39 is 0 Å². The van der Waals surface area contributed by atoms with Crippen LogP contribution in [-0.4, -0.2) is 41.0 Å². The Balaban J connectivity index is 1.84. The summed E-state index contributed by atoms with van der Waals surface area (Å²) < 4.78 is 0. The zero-order valence-electron chi connectivity index (χ0n) is 11.8. The first-order chi connectivity index (χ1) is 9.20. The summed E-state index contributed by atoms with van der Waals surface area (Å²) in [7, 11) is 0. The van der Waals surface area contributed by atoms with Crippen molar-refractivity contribution in [3.63, 3.8) is 0 Å². The van der Waals surface area contributed by atoms with E-state index in [0.29, 0.717) is 11.7 Å². The molecule has 1 unspecified atom stereocenters. The number of aromatic nitrogens is 2. The Bertz CT molecular complexity index is 402. The molecule has 0 amide bonds. The predicted octanol–water partition coefficient (Wildman–Crippen LogP) is 1.21. The smallest absolute Gasteiger partial charge is 0.148 e. The standard InChI is InChI=1S/C13H24N6/c1-10(8-19-5-3-4-6-19)7-15-12-11(2)13(18-14)17-9-16-12/h9-10H,3-8,14H2,1-2H3,(H2,15,16,17,18). The summed E-state index contributed by atoms with van der Waals surface area (Å²) in [5.74, 6) is 7.54. The SMILES string of the molecule is Cc1c(NN)ncnc1NCC(C)CN1CCCC1. The van der Waals surface area contributed by atoms with Gasteiger partial charge in [0.05, 0.1) is 0 Å². The lowest BCUT2D eigenvalue weighted by Crippen LogP contribution is -2.29. The Hall–Kier alpha value is -1.40. The third kappa shape index (κ3) is 3.78. The van der Waals surface area contributed by atoms with Gasteiger partial charge in [0.25, 0.3) is 0 Å².